The first-order chi connectivity index (χ1) is 15.3. The molecule has 0 saturated carbocycles. The largest absolute Gasteiger partial charge is 0.321 e. The maximum atomic E-state index is 12.8. The molecule has 32 heavy (non-hydrogen) atoms. The fourth-order valence-electron chi connectivity index (χ4n) is 2.99. The van der Waals surface area contributed by atoms with Crippen molar-refractivity contribution in [3.8, 4) is 0 Å². The minimum absolute atomic E-state index is 0.191. The Morgan fingerprint density at radius 2 is 1.72 bits per heavy atom. The number of benzene rings is 2. The lowest BCUT2D eigenvalue weighted by Crippen LogP contribution is -2.11. The van der Waals surface area contributed by atoms with Crippen molar-refractivity contribution in [3.05, 3.63) is 69.6 Å². The van der Waals surface area contributed by atoms with E-state index in [2.05, 4.69) is 20.9 Å². The van der Waals surface area contributed by atoms with E-state index in [0.29, 0.717) is 31.3 Å². The number of fused-ring (bicyclic) bond motifs is 1. The molecule has 2 heterocycles. The van der Waals surface area contributed by atoms with Gasteiger partial charge in [0, 0.05) is 12.6 Å². The number of amides is 3. The highest BCUT2D eigenvalue weighted by molar-refractivity contribution is 7.22. The van der Waals surface area contributed by atoms with Gasteiger partial charge in [-0.25, -0.2) is 4.98 Å². The molecule has 162 valence electrons. The van der Waals surface area contributed by atoms with Crippen LogP contribution >= 0.6 is 34.3 Å². The molecule has 3 N–H and O–H groups in total. The molecule has 2 aromatic carbocycles. The number of hydrogen-bond acceptors (Lipinski definition) is 6. The van der Waals surface area contributed by atoms with Crippen LogP contribution in [0.4, 0.5) is 15.8 Å². The van der Waals surface area contributed by atoms with Crippen molar-refractivity contribution < 1.29 is 14.4 Å². The Balaban J connectivity index is 1.49. The van der Waals surface area contributed by atoms with E-state index in [0.717, 1.165) is 15.8 Å². The maximum Gasteiger partial charge on any atom is 0.266 e. The summed E-state index contributed by atoms with van der Waals surface area (Å²) < 4.78 is 0.835. The summed E-state index contributed by atoms with van der Waals surface area (Å²) in [5, 5.41) is 9.75. The molecule has 0 aliphatic rings. The molecule has 10 heteroatoms. The van der Waals surface area contributed by atoms with Gasteiger partial charge in [0.05, 0.1) is 30.7 Å². The maximum absolute atomic E-state index is 12.8. The average molecular weight is 485 g/mol. The van der Waals surface area contributed by atoms with Crippen LogP contribution in [0, 0.1) is 6.92 Å². The third-order valence-electron chi connectivity index (χ3n) is 4.41. The third-order valence-corrected chi connectivity index (χ3v) is 6.82. The lowest BCUT2D eigenvalue weighted by atomic mass is 10.2. The van der Waals surface area contributed by atoms with Gasteiger partial charge in [-0.15, -0.1) is 11.3 Å². The Kier molecular flexibility index (Phi) is 6.22. The number of thiazole rings is 1. The summed E-state index contributed by atoms with van der Waals surface area (Å²) in [5.41, 5.74) is 2.44. The normalized spacial score (nSPS) is 10.7. The van der Waals surface area contributed by atoms with Crippen LogP contribution in [0.1, 0.15) is 32.5 Å². The SMILES string of the molecule is CC(=O)Nc1nc2ccc(NC(=O)c3sc(NC(=O)c4ccccc4Cl)cc3C)cc2s1. The summed E-state index contributed by atoms with van der Waals surface area (Å²) >= 11 is 8.60. The molecular formula is C22H17ClN4O3S2. The molecular weight excluding hydrogens is 468 g/mol. The lowest BCUT2D eigenvalue weighted by molar-refractivity contribution is -0.114. The Morgan fingerprint density at radius 3 is 2.47 bits per heavy atom. The first kappa shape index (κ1) is 21.9. The molecule has 0 aliphatic heterocycles. The van der Waals surface area contributed by atoms with Crippen LogP contribution in [0.2, 0.25) is 5.02 Å². The number of carbonyl (C=O) groups is 3. The van der Waals surface area contributed by atoms with Crippen molar-refractivity contribution >= 4 is 78.0 Å². The van der Waals surface area contributed by atoms with Crippen molar-refractivity contribution in [3.63, 3.8) is 0 Å². The zero-order valence-electron chi connectivity index (χ0n) is 17.0. The molecule has 4 rings (SSSR count). The fraction of sp³-hybridized carbons (Fsp3) is 0.0909. The van der Waals surface area contributed by atoms with Gasteiger partial charge < -0.3 is 16.0 Å². The Bertz CT molecular complexity index is 1360. The summed E-state index contributed by atoms with van der Waals surface area (Å²) in [6.45, 7) is 3.23. The van der Waals surface area contributed by atoms with Crippen molar-refractivity contribution in [2.75, 3.05) is 16.0 Å². The van der Waals surface area contributed by atoms with Crippen LogP contribution in [0.3, 0.4) is 0 Å². The monoisotopic (exact) mass is 484 g/mol. The Hall–Kier alpha value is -3.27. The van der Waals surface area contributed by atoms with Crippen LogP contribution in [0.5, 0.6) is 0 Å². The Labute approximate surface area is 196 Å². The number of aromatic nitrogens is 1. The highest BCUT2D eigenvalue weighted by Gasteiger charge is 2.17. The van der Waals surface area contributed by atoms with Crippen molar-refractivity contribution in [1.82, 2.24) is 4.98 Å². The van der Waals surface area contributed by atoms with Gasteiger partial charge in [-0.05, 0) is 48.9 Å². The molecule has 0 saturated heterocycles. The number of anilines is 3. The second-order valence-electron chi connectivity index (χ2n) is 6.89. The molecule has 3 amide bonds. The van der Waals surface area contributed by atoms with Gasteiger partial charge in [-0.2, -0.15) is 0 Å². The predicted molar refractivity (Wildman–Crippen MR) is 130 cm³/mol. The zero-order chi connectivity index (χ0) is 22.8. The summed E-state index contributed by atoms with van der Waals surface area (Å²) in [6, 6.07) is 13.9. The molecule has 2 aromatic heterocycles. The predicted octanol–water partition coefficient (Wildman–Crippen LogP) is 5.78. The number of halogens is 1. The number of aryl methyl sites for hydroxylation is 1. The highest BCUT2D eigenvalue weighted by Crippen LogP contribution is 2.31. The van der Waals surface area contributed by atoms with E-state index in [-0.39, 0.29) is 17.7 Å². The van der Waals surface area contributed by atoms with Crippen LogP contribution < -0.4 is 16.0 Å². The smallest absolute Gasteiger partial charge is 0.266 e. The summed E-state index contributed by atoms with van der Waals surface area (Å²) in [5.74, 6) is -0.811. The van der Waals surface area contributed by atoms with Crippen molar-refractivity contribution in [1.29, 1.82) is 0 Å². The molecule has 0 aliphatic carbocycles. The molecule has 7 nitrogen and oxygen atoms in total. The van der Waals surface area contributed by atoms with E-state index in [1.807, 2.05) is 6.92 Å². The minimum Gasteiger partial charge on any atom is -0.321 e. The van der Waals surface area contributed by atoms with E-state index in [1.54, 1.807) is 48.5 Å². The van der Waals surface area contributed by atoms with Crippen LogP contribution in [-0.2, 0) is 4.79 Å². The molecule has 0 radical (unpaired) electrons. The van der Waals surface area contributed by atoms with Gasteiger partial charge >= 0.3 is 0 Å². The van der Waals surface area contributed by atoms with Crippen molar-refractivity contribution in [2.45, 2.75) is 13.8 Å². The summed E-state index contributed by atoms with van der Waals surface area (Å²) in [6.07, 6.45) is 0. The van der Waals surface area contributed by atoms with Gasteiger partial charge in [0.2, 0.25) is 5.91 Å². The summed E-state index contributed by atoms with van der Waals surface area (Å²) in [4.78, 5) is 41.4. The minimum atomic E-state index is -0.338. The van der Waals surface area contributed by atoms with E-state index in [9.17, 15) is 14.4 Å². The van der Waals surface area contributed by atoms with Gasteiger partial charge in [-0.3, -0.25) is 14.4 Å². The second-order valence-corrected chi connectivity index (χ2v) is 9.38. The third kappa shape index (κ3) is 4.80. The van der Waals surface area contributed by atoms with E-state index in [4.69, 9.17) is 11.6 Å². The topological polar surface area (TPSA) is 100 Å². The second kappa shape index (κ2) is 9.07. The number of rotatable bonds is 5. The number of nitrogens with zero attached hydrogens (tertiary/aromatic N) is 1. The molecule has 0 spiro atoms. The number of nitrogens with one attached hydrogen (secondary N) is 3. The summed E-state index contributed by atoms with van der Waals surface area (Å²) in [7, 11) is 0. The van der Waals surface area contributed by atoms with Crippen LogP contribution in [-0.4, -0.2) is 22.7 Å². The molecule has 0 fully saturated rings. The standard InChI is InChI=1S/C22H17ClN4O3S2/c1-11-9-18(27-20(29)14-5-3-4-6-15(14)23)32-19(11)21(30)25-13-7-8-16-17(10-13)31-22(26-16)24-12(2)28/h3-10H,1-2H3,(H,25,30)(H,27,29)(H,24,26,28). The molecule has 4 aromatic rings. The Morgan fingerprint density at radius 1 is 0.938 bits per heavy atom. The molecule has 0 bridgehead atoms. The number of thiophene rings is 1. The first-order valence-electron chi connectivity index (χ1n) is 9.46. The van der Waals surface area contributed by atoms with Gasteiger partial charge in [-0.1, -0.05) is 35.1 Å². The van der Waals surface area contributed by atoms with Crippen LogP contribution in [0.25, 0.3) is 10.2 Å². The number of carbonyl (C=O) groups excluding carboxylic acids is 3. The zero-order valence-corrected chi connectivity index (χ0v) is 19.4. The van der Waals surface area contributed by atoms with Gasteiger partial charge in [0.15, 0.2) is 5.13 Å². The van der Waals surface area contributed by atoms with E-state index in [1.165, 1.54) is 29.6 Å². The fourth-order valence-corrected chi connectivity index (χ4v) is 5.12. The molecule has 0 atom stereocenters. The molecule has 0 unspecified atom stereocenters. The number of hydrogen-bond donors (Lipinski definition) is 3. The van der Waals surface area contributed by atoms with Crippen molar-refractivity contribution in [2.24, 2.45) is 0 Å². The van der Waals surface area contributed by atoms with E-state index >= 15 is 0 Å². The van der Waals surface area contributed by atoms with Gasteiger partial charge in [0.25, 0.3) is 11.8 Å². The quantitative estimate of drug-likeness (QED) is 0.334. The highest BCUT2D eigenvalue weighted by atomic mass is 35.5. The lowest BCUT2D eigenvalue weighted by Gasteiger charge is -2.05. The van der Waals surface area contributed by atoms with E-state index < -0.39 is 0 Å². The van der Waals surface area contributed by atoms with Gasteiger partial charge in [0.1, 0.15) is 0 Å². The average Bonchev–Trinajstić information content (AvgIpc) is 3.29. The first-order valence-corrected chi connectivity index (χ1v) is 11.5. The van der Waals surface area contributed by atoms with Crippen LogP contribution in [0.15, 0.2) is 48.5 Å².